The highest BCUT2D eigenvalue weighted by atomic mass is 32.2. The molecule has 2 fully saturated rings. The molecule has 0 bridgehead atoms. The predicted octanol–water partition coefficient (Wildman–Crippen LogP) is 9.67. The number of halogens is 5. The maximum Gasteiger partial charge on any atom is 0.453 e. The maximum atomic E-state index is 12.9. The Morgan fingerprint density at radius 1 is 0.900 bits per heavy atom. The number of alkyl halides is 5. The van der Waals surface area contributed by atoms with Gasteiger partial charge in [0.05, 0.1) is 6.10 Å². The number of hydrogen-bond acceptors (Lipinski definition) is 3. The first-order valence-electron chi connectivity index (χ1n) is 15.5. The summed E-state index contributed by atoms with van der Waals surface area (Å²) >= 11 is 1.47. The number of phenolic OH excluding ortho intramolecular Hbond substituents is 1. The molecule has 2 nitrogen and oxygen atoms in total. The Balaban J connectivity index is 1.13. The molecule has 0 saturated heterocycles. The number of fused-ring (bicyclic) bond motifs is 5. The molecule has 1 aromatic rings. The third kappa shape index (κ3) is 7.30. The molecule has 6 atom stereocenters. The van der Waals surface area contributed by atoms with Gasteiger partial charge < -0.3 is 10.2 Å². The smallest absolute Gasteiger partial charge is 0.453 e. The van der Waals surface area contributed by atoms with Crippen LogP contribution in [0.25, 0.3) is 0 Å². The van der Waals surface area contributed by atoms with Gasteiger partial charge in [0.1, 0.15) is 5.75 Å². The van der Waals surface area contributed by atoms with Gasteiger partial charge in [0.25, 0.3) is 0 Å². The third-order valence-corrected chi connectivity index (χ3v) is 11.5. The Hall–Kier alpha value is -1.02. The predicted molar refractivity (Wildman–Crippen MR) is 152 cm³/mol. The fourth-order valence-corrected chi connectivity index (χ4v) is 9.13. The van der Waals surface area contributed by atoms with Gasteiger partial charge in [0.15, 0.2) is 0 Å². The summed E-state index contributed by atoms with van der Waals surface area (Å²) in [6.07, 6.45) is 7.56. The molecule has 40 heavy (non-hydrogen) atoms. The molecule has 8 heteroatoms. The van der Waals surface area contributed by atoms with Crippen LogP contribution in [0, 0.1) is 23.2 Å². The summed E-state index contributed by atoms with van der Waals surface area (Å²) in [4.78, 5) is 0. The Labute approximate surface area is 240 Å². The van der Waals surface area contributed by atoms with Crippen LogP contribution in [0.4, 0.5) is 22.0 Å². The summed E-state index contributed by atoms with van der Waals surface area (Å²) in [5, 5.41) is 21.0. The Morgan fingerprint density at radius 3 is 2.30 bits per heavy atom. The van der Waals surface area contributed by atoms with Crippen molar-refractivity contribution in [1.29, 1.82) is 0 Å². The van der Waals surface area contributed by atoms with Crippen molar-refractivity contribution in [3.63, 3.8) is 0 Å². The standard InChI is InChI=1S/C32H47F5O2S/c1-30-17-15-26-25-12-11-24(38)21-23(25)20-22(29(26)27(30)13-14-28(30)39)10-7-5-3-2-4-6-8-18-40-19-9-16-31(33,34)32(35,36)37/h11-12,21-22,26-29,38-39H,2-10,13-20H2,1H3/t22-,26?,27?,28+,29+,30+/m1/s1. The number of hydrogen-bond donors (Lipinski definition) is 2. The molecule has 0 aromatic heterocycles. The molecular formula is C32H47F5O2S. The van der Waals surface area contributed by atoms with Gasteiger partial charge in [-0.1, -0.05) is 51.5 Å². The van der Waals surface area contributed by atoms with Crippen LogP contribution >= 0.6 is 11.8 Å². The van der Waals surface area contributed by atoms with Crippen LogP contribution in [0.2, 0.25) is 0 Å². The molecule has 3 aliphatic carbocycles. The van der Waals surface area contributed by atoms with Crippen LogP contribution in [0.1, 0.15) is 114 Å². The number of phenols is 1. The number of unbranched alkanes of at least 4 members (excludes halogenated alkanes) is 6. The van der Waals surface area contributed by atoms with E-state index < -0.39 is 18.5 Å². The zero-order valence-corrected chi connectivity index (χ0v) is 24.6. The van der Waals surface area contributed by atoms with E-state index in [1.54, 1.807) is 0 Å². The molecular weight excluding hydrogens is 543 g/mol. The highest BCUT2D eigenvalue weighted by molar-refractivity contribution is 7.99. The van der Waals surface area contributed by atoms with E-state index >= 15 is 0 Å². The number of aromatic hydroxyl groups is 1. The number of rotatable bonds is 14. The lowest BCUT2D eigenvalue weighted by Crippen LogP contribution is -2.47. The molecule has 2 unspecified atom stereocenters. The monoisotopic (exact) mass is 590 g/mol. The van der Waals surface area contributed by atoms with E-state index in [9.17, 15) is 32.2 Å². The summed E-state index contributed by atoms with van der Waals surface area (Å²) in [6, 6.07) is 5.97. The van der Waals surface area contributed by atoms with Crippen LogP contribution in [-0.2, 0) is 6.42 Å². The minimum atomic E-state index is -5.44. The molecule has 0 radical (unpaired) electrons. The fourth-order valence-electron chi connectivity index (χ4n) is 8.17. The van der Waals surface area contributed by atoms with Crippen LogP contribution in [-0.4, -0.2) is 39.9 Å². The maximum absolute atomic E-state index is 12.9. The van der Waals surface area contributed by atoms with Gasteiger partial charge in [0, 0.05) is 6.42 Å². The van der Waals surface area contributed by atoms with E-state index in [0.717, 1.165) is 57.1 Å². The summed E-state index contributed by atoms with van der Waals surface area (Å²) in [6.45, 7) is 2.32. The van der Waals surface area contributed by atoms with E-state index in [1.165, 1.54) is 55.0 Å². The van der Waals surface area contributed by atoms with E-state index in [0.29, 0.717) is 35.2 Å². The van der Waals surface area contributed by atoms with E-state index in [-0.39, 0.29) is 17.9 Å². The van der Waals surface area contributed by atoms with Crippen LogP contribution < -0.4 is 0 Å². The molecule has 1 aromatic carbocycles. The highest BCUT2D eigenvalue weighted by Crippen LogP contribution is 2.62. The Bertz CT molecular complexity index is 954. The molecule has 2 saturated carbocycles. The third-order valence-electron chi connectivity index (χ3n) is 10.4. The second-order valence-electron chi connectivity index (χ2n) is 13.0. The van der Waals surface area contributed by atoms with Gasteiger partial charge in [-0.25, -0.2) is 0 Å². The molecule has 0 aliphatic heterocycles. The number of aliphatic hydroxyl groups is 1. The normalized spacial score (nSPS) is 30.1. The largest absolute Gasteiger partial charge is 0.508 e. The lowest BCUT2D eigenvalue weighted by atomic mass is 9.52. The van der Waals surface area contributed by atoms with Gasteiger partial charge in [-0.2, -0.15) is 33.7 Å². The zero-order valence-electron chi connectivity index (χ0n) is 23.8. The fraction of sp³-hybridized carbons (Fsp3) is 0.812. The van der Waals surface area contributed by atoms with Crippen LogP contribution in [0.5, 0.6) is 5.75 Å². The van der Waals surface area contributed by atoms with E-state index in [2.05, 4.69) is 13.0 Å². The van der Waals surface area contributed by atoms with Crippen molar-refractivity contribution in [3.8, 4) is 5.75 Å². The molecule has 0 amide bonds. The minimum Gasteiger partial charge on any atom is -0.508 e. The van der Waals surface area contributed by atoms with Crippen molar-refractivity contribution in [2.75, 3.05) is 11.5 Å². The van der Waals surface area contributed by atoms with Gasteiger partial charge in [0.2, 0.25) is 0 Å². The summed E-state index contributed by atoms with van der Waals surface area (Å²) in [5.74, 6) is -0.730. The van der Waals surface area contributed by atoms with E-state index in [4.69, 9.17) is 0 Å². The average molecular weight is 591 g/mol. The van der Waals surface area contributed by atoms with Gasteiger partial charge in [-0.15, -0.1) is 0 Å². The van der Waals surface area contributed by atoms with Gasteiger partial charge in [-0.3, -0.25) is 0 Å². The molecule has 0 spiro atoms. The number of thioether (sulfide) groups is 1. The second-order valence-corrected chi connectivity index (χ2v) is 14.2. The van der Waals surface area contributed by atoms with Crippen molar-refractivity contribution in [2.45, 2.75) is 127 Å². The number of aliphatic hydroxyl groups excluding tert-OH is 1. The summed E-state index contributed by atoms with van der Waals surface area (Å²) < 4.78 is 62.4. The van der Waals surface area contributed by atoms with Crippen LogP contribution in [0.3, 0.4) is 0 Å². The van der Waals surface area contributed by atoms with Crippen molar-refractivity contribution < 1.29 is 32.2 Å². The van der Waals surface area contributed by atoms with E-state index in [1.807, 2.05) is 12.1 Å². The summed E-state index contributed by atoms with van der Waals surface area (Å²) in [5.41, 5.74) is 2.79. The lowest BCUT2D eigenvalue weighted by molar-refractivity contribution is -0.284. The van der Waals surface area contributed by atoms with Crippen LogP contribution in [0.15, 0.2) is 18.2 Å². The van der Waals surface area contributed by atoms with Crippen molar-refractivity contribution in [2.24, 2.45) is 23.2 Å². The molecule has 228 valence electrons. The second kappa shape index (κ2) is 13.5. The average Bonchev–Trinajstić information content (AvgIpc) is 3.19. The van der Waals surface area contributed by atoms with Crippen molar-refractivity contribution in [1.82, 2.24) is 0 Å². The summed E-state index contributed by atoms with van der Waals surface area (Å²) in [7, 11) is 0. The Morgan fingerprint density at radius 2 is 1.57 bits per heavy atom. The van der Waals surface area contributed by atoms with Crippen molar-refractivity contribution in [3.05, 3.63) is 29.3 Å². The first-order chi connectivity index (χ1) is 18.9. The first-order valence-corrected chi connectivity index (χ1v) is 16.6. The molecule has 3 aliphatic rings. The first kappa shape index (κ1) is 31.9. The highest BCUT2D eigenvalue weighted by Gasteiger charge is 2.57. The molecule has 2 N–H and O–H groups in total. The SMILES string of the molecule is C[C@]12CCC3c4ccc(O)cc4C[C@@H](CCCCCCCCCSCCCC(F)(F)C(F)(F)F)[C@@H]3C1CC[C@@H]2O. The zero-order chi connectivity index (χ0) is 29.0. The number of benzene rings is 1. The van der Waals surface area contributed by atoms with Crippen molar-refractivity contribution >= 4 is 11.8 Å². The lowest BCUT2D eigenvalue weighted by Gasteiger charge is -2.53. The quantitative estimate of drug-likeness (QED) is 0.167. The minimum absolute atomic E-state index is 0.0419. The van der Waals surface area contributed by atoms with Gasteiger partial charge in [-0.05, 0) is 115 Å². The van der Waals surface area contributed by atoms with Gasteiger partial charge >= 0.3 is 12.1 Å². The molecule has 0 heterocycles. The molecule has 4 rings (SSSR count). The Kier molecular flexibility index (Phi) is 10.8. The topological polar surface area (TPSA) is 40.5 Å².